The summed E-state index contributed by atoms with van der Waals surface area (Å²) in [5.41, 5.74) is -0.771. The van der Waals surface area contributed by atoms with Gasteiger partial charge < -0.3 is 14.7 Å². The minimum absolute atomic E-state index is 0.0314. The first-order valence-electron chi connectivity index (χ1n) is 6.52. The highest BCUT2D eigenvalue weighted by atomic mass is 32.2. The van der Waals surface area contributed by atoms with Crippen molar-refractivity contribution in [3.63, 3.8) is 0 Å². The minimum Gasteiger partial charge on any atom is -0.481 e. The third-order valence-corrected chi connectivity index (χ3v) is 4.75. The van der Waals surface area contributed by atoms with Crippen LogP contribution in [0.25, 0.3) is 0 Å². The molecular weight excluding hydrogens is 266 g/mol. The lowest BCUT2D eigenvalue weighted by atomic mass is 9.76. The Labute approximate surface area is 118 Å². The summed E-state index contributed by atoms with van der Waals surface area (Å²) in [6, 6.07) is 0. The van der Waals surface area contributed by atoms with Gasteiger partial charge in [-0.05, 0) is 12.3 Å². The number of aliphatic carboxylic acids is 1. The van der Waals surface area contributed by atoms with E-state index in [1.807, 2.05) is 13.8 Å². The molecule has 19 heavy (non-hydrogen) atoms. The number of carboxylic acids is 1. The zero-order valence-electron chi connectivity index (χ0n) is 11.8. The minimum atomic E-state index is -0.787. The molecule has 1 N–H and O–H groups in total. The van der Waals surface area contributed by atoms with Gasteiger partial charge in [0.1, 0.15) is 0 Å². The van der Waals surface area contributed by atoms with Crippen molar-refractivity contribution >= 4 is 23.6 Å². The van der Waals surface area contributed by atoms with Crippen LogP contribution in [0.2, 0.25) is 0 Å². The van der Waals surface area contributed by atoms with E-state index in [1.165, 1.54) is 11.8 Å². The van der Waals surface area contributed by atoms with Crippen molar-refractivity contribution in [1.82, 2.24) is 4.90 Å². The maximum atomic E-state index is 12.0. The molecule has 1 aliphatic rings. The largest absolute Gasteiger partial charge is 0.481 e. The third kappa shape index (κ3) is 3.86. The monoisotopic (exact) mass is 289 g/mol. The molecule has 6 heteroatoms. The van der Waals surface area contributed by atoms with E-state index in [1.54, 1.807) is 12.0 Å². The van der Waals surface area contributed by atoms with E-state index < -0.39 is 11.4 Å². The van der Waals surface area contributed by atoms with Crippen LogP contribution in [0.3, 0.4) is 0 Å². The zero-order chi connectivity index (χ0) is 14.5. The van der Waals surface area contributed by atoms with Gasteiger partial charge in [0.2, 0.25) is 5.91 Å². The second-order valence-electron chi connectivity index (χ2n) is 5.23. The molecule has 1 heterocycles. The van der Waals surface area contributed by atoms with Crippen LogP contribution in [0.4, 0.5) is 0 Å². The normalized spacial score (nSPS) is 23.1. The fraction of sp³-hybridized carbons (Fsp3) is 0.846. The number of hydrogen-bond acceptors (Lipinski definition) is 4. The first-order chi connectivity index (χ1) is 8.94. The van der Waals surface area contributed by atoms with Crippen LogP contribution >= 0.6 is 11.8 Å². The lowest BCUT2D eigenvalue weighted by molar-refractivity contribution is -0.151. The number of carbonyl (C=O) groups excluding carboxylic acids is 1. The molecule has 0 aromatic carbocycles. The average molecular weight is 289 g/mol. The van der Waals surface area contributed by atoms with Gasteiger partial charge >= 0.3 is 5.97 Å². The van der Waals surface area contributed by atoms with E-state index in [4.69, 9.17) is 4.74 Å². The Balaban J connectivity index is 2.50. The van der Waals surface area contributed by atoms with Crippen molar-refractivity contribution in [3.05, 3.63) is 0 Å². The summed E-state index contributed by atoms with van der Waals surface area (Å²) in [6.07, 6.45) is 0.550. The Morgan fingerprint density at radius 1 is 1.47 bits per heavy atom. The van der Waals surface area contributed by atoms with Crippen LogP contribution in [0.1, 0.15) is 20.3 Å². The van der Waals surface area contributed by atoms with Crippen molar-refractivity contribution in [3.8, 4) is 0 Å². The fourth-order valence-electron chi connectivity index (χ4n) is 2.33. The molecule has 1 fully saturated rings. The molecule has 5 nitrogen and oxygen atoms in total. The molecule has 1 saturated heterocycles. The number of carbonyl (C=O) groups is 2. The Hall–Kier alpha value is -0.750. The van der Waals surface area contributed by atoms with E-state index in [9.17, 15) is 14.7 Å². The Kier molecular flexibility index (Phi) is 6.13. The summed E-state index contributed by atoms with van der Waals surface area (Å²) in [5.74, 6) is 0.459. The maximum absolute atomic E-state index is 12.0. The van der Waals surface area contributed by atoms with E-state index in [0.717, 1.165) is 5.75 Å². The van der Waals surface area contributed by atoms with Gasteiger partial charge in [0.15, 0.2) is 0 Å². The topological polar surface area (TPSA) is 66.8 Å². The predicted octanol–water partition coefficient (Wildman–Crippen LogP) is 1.33. The van der Waals surface area contributed by atoms with Crippen LogP contribution in [-0.4, -0.2) is 60.2 Å². The molecule has 0 aliphatic carbocycles. The standard InChI is InChI=1S/C13H23NO4S/c1-10(2)13(12(16)17)4-5-14(9-13)11(15)8-19-7-6-18-3/h10H,4-9H2,1-3H3,(H,16,17). The lowest BCUT2D eigenvalue weighted by Gasteiger charge is -2.28. The number of hydrogen-bond donors (Lipinski definition) is 1. The second-order valence-corrected chi connectivity index (χ2v) is 6.33. The summed E-state index contributed by atoms with van der Waals surface area (Å²) in [6.45, 7) is 5.34. The summed E-state index contributed by atoms with van der Waals surface area (Å²) in [7, 11) is 1.63. The number of ether oxygens (including phenoxy) is 1. The van der Waals surface area contributed by atoms with Gasteiger partial charge in [0.25, 0.3) is 0 Å². The Morgan fingerprint density at radius 2 is 2.16 bits per heavy atom. The van der Waals surface area contributed by atoms with Gasteiger partial charge in [-0.1, -0.05) is 13.8 Å². The summed E-state index contributed by atoms with van der Waals surface area (Å²) in [4.78, 5) is 25.2. The highest BCUT2D eigenvalue weighted by Gasteiger charge is 2.48. The van der Waals surface area contributed by atoms with E-state index in [2.05, 4.69) is 0 Å². The molecule has 1 atom stereocenters. The van der Waals surface area contributed by atoms with Crippen molar-refractivity contribution in [2.75, 3.05) is 38.3 Å². The molecule has 0 radical (unpaired) electrons. The first-order valence-corrected chi connectivity index (χ1v) is 7.67. The number of carboxylic acid groups (broad SMARTS) is 1. The maximum Gasteiger partial charge on any atom is 0.311 e. The smallest absolute Gasteiger partial charge is 0.311 e. The van der Waals surface area contributed by atoms with Gasteiger partial charge in [-0.15, -0.1) is 11.8 Å². The number of rotatable bonds is 7. The Morgan fingerprint density at radius 3 is 2.63 bits per heavy atom. The molecule has 110 valence electrons. The summed E-state index contributed by atoms with van der Waals surface area (Å²) in [5, 5.41) is 9.42. The first kappa shape index (κ1) is 16.3. The van der Waals surface area contributed by atoms with Gasteiger partial charge in [0.05, 0.1) is 17.8 Å². The molecule has 0 aromatic rings. The van der Waals surface area contributed by atoms with Crippen LogP contribution in [0, 0.1) is 11.3 Å². The number of nitrogens with zero attached hydrogens (tertiary/aromatic N) is 1. The molecule has 0 saturated carbocycles. The van der Waals surface area contributed by atoms with Crippen LogP contribution in [-0.2, 0) is 14.3 Å². The second kappa shape index (κ2) is 7.14. The van der Waals surface area contributed by atoms with Crippen LogP contribution in [0.15, 0.2) is 0 Å². The van der Waals surface area contributed by atoms with Crippen LogP contribution < -0.4 is 0 Å². The molecule has 1 amide bonds. The third-order valence-electron chi connectivity index (χ3n) is 3.84. The molecule has 1 unspecified atom stereocenters. The average Bonchev–Trinajstić information content (AvgIpc) is 2.81. The molecule has 0 bridgehead atoms. The van der Waals surface area contributed by atoms with Crippen molar-refractivity contribution < 1.29 is 19.4 Å². The number of thioether (sulfide) groups is 1. The summed E-state index contributed by atoms with van der Waals surface area (Å²) < 4.78 is 4.92. The SMILES string of the molecule is COCCSCC(=O)N1CCC(C(=O)O)(C(C)C)C1. The van der Waals surface area contributed by atoms with Gasteiger partial charge in [-0.2, -0.15) is 0 Å². The van der Waals surface area contributed by atoms with Crippen molar-refractivity contribution in [2.45, 2.75) is 20.3 Å². The van der Waals surface area contributed by atoms with Crippen molar-refractivity contribution in [1.29, 1.82) is 0 Å². The number of likely N-dealkylation sites (tertiary alicyclic amines) is 1. The fourth-order valence-corrected chi connectivity index (χ4v) is 3.12. The summed E-state index contributed by atoms with van der Waals surface area (Å²) >= 11 is 1.53. The highest BCUT2D eigenvalue weighted by Crippen LogP contribution is 2.38. The van der Waals surface area contributed by atoms with Gasteiger partial charge in [0, 0.05) is 26.0 Å². The Bertz CT molecular complexity index is 335. The van der Waals surface area contributed by atoms with Gasteiger partial charge in [-0.25, -0.2) is 0 Å². The number of methoxy groups -OCH3 is 1. The van der Waals surface area contributed by atoms with E-state index >= 15 is 0 Å². The lowest BCUT2D eigenvalue weighted by Crippen LogP contribution is -2.41. The highest BCUT2D eigenvalue weighted by molar-refractivity contribution is 7.99. The van der Waals surface area contributed by atoms with E-state index in [-0.39, 0.29) is 11.8 Å². The predicted molar refractivity (Wildman–Crippen MR) is 75.3 cm³/mol. The molecule has 1 rings (SSSR count). The molecule has 0 spiro atoms. The van der Waals surface area contributed by atoms with Gasteiger partial charge in [-0.3, -0.25) is 9.59 Å². The number of amides is 1. The zero-order valence-corrected chi connectivity index (χ0v) is 12.7. The van der Waals surface area contributed by atoms with Crippen molar-refractivity contribution in [2.24, 2.45) is 11.3 Å². The van der Waals surface area contributed by atoms with Crippen LogP contribution in [0.5, 0.6) is 0 Å². The van der Waals surface area contributed by atoms with E-state index in [0.29, 0.717) is 31.9 Å². The molecule has 0 aromatic heterocycles. The molecular formula is C13H23NO4S. The quantitative estimate of drug-likeness (QED) is 0.716. The molecule has 1 aliphatic heterocycles.